The fourth-order valence-corrected chi connectivity index (χ4v) is 3.64. The maximum atomic E-state index is 4.88. The number of nitrogens with one attached hydrogen (secondary N) is 1. The van der Waals surface area contributed by atoms with E-state index in [1.54, 1.807) is 6.20 Å². The van der Waals surface area contributed by atoms with Crippen molar-refractivity contribution in [2.75, 3.05) is 0 Å². The van der Waals surface area contributed by atoms with E-state index in [9.17, 15) is 0 Å². The fraction of sp³-hybridized carbons (Fsp3) is 0.200. The predicted octanol–water partition coefficient (Wildman–Crippen LogP) is 5.15. The van der Waals surface area contributed by atoms with Gasteiger partial charge in [0.1, 0.15) is 0 Å². The van der Waals surface area contributed by atoms with Gasteiger partial charge in [-0.1, -0.05) is 54.6 Å². The lowest BCUT2D eigenvalue weighted by Crippen LogP contribution is -2.19. The zero-order valence-electron chi connectivity index (χ0n) is 16.9. The third-order valence-electron chi connectivity index (χ3n) is 5.21. The predicted molar refractivity (Wildman–Crippen MR) is 117 cm³/mol. The lowest BCUT2D eigenvalue weighted by Gasteiger charge is -2.16. The first-order chi connectivity index (χ1) is 14.2. The Hall–Kier alpha value is -3.24. The van der Waals surface area contributed by atoms with Crippen LogP contribution in [0, 0.1) is 6.92 Å². The second-order valence-corrected chi connectivity index (χ2v) is 7.39. The van der Waals surface area contributed by atoms with E-state index in [1.807, 2.05) is 23.0 Å². The molecule has 146 valence electrons. The summed E-state index contributed by atoms with van der Waals surface area (Å²) in [6.07, 6.45) is 5.82. The quantitative estimate of drug-likeness (QED) is 0.480. The summed E-state index contributed by atoms with van der Waals surface area (Å²) in [5.41, 5.74) is 7.07. The molecule has 0 amide bonds. The van der Waals surface area contributed by atoms with Gasteiger partial charge in [0.2, 0.25) is 0 Å². The van der Waals surface area contributed by atoms with Gasteiger partial charge >= 0.3 is 0 Å². The summed E-state index contributed by atoms with van der Waals surface area (Å²) >= 11 is 0. The van der Waals surface area contributed by atoms with Gasteiger partial charge in [-0.25, -0.2) is 0 Å². The summed E-state index contributed by atoms with van der Waals surface area (Å²) in [6.45, 7) is 5.86. The van der Waals surface area contributed by atoms with Crippen molar-refractivity contribution in [1.29, 1.82) is 0 Å². The Balaban J connectivity index is 1.58. The summed E-state index contributed by atoms with van der Waals surface area (Å²) < 4.78 is 2.02. The summed E-state index contributed by atoms with van der Waals surface area (Å²) in [6, 6.07) is 23.2. The van der Waals surface area contributed by atoms with Crippen LogP contribution in [0.5, 0.6) is 0 Å². The van der Waals surface area contributed by atoms with E-state index in [0.717, 1.165) is 24.3 Å². The van der Waals surface area contributed by atoms with Crippen molar-refractivity contribution >= 4 is 0 Å². The Morgan fingerprint density at radius 2 is 1.76 bits per heavy atom. The minimum absolute atomic E-state index is 0.260. The van der Waals surface area contributed by atoms with Crippen LogP contribution in [-0.2, 0) is 13.1 Å². The number of pyridine rings is 1. The molecule has 2 aromatic carbocycles. The first-order valence-corrected chi connectivity index (χ1v) is 10.0. The highest BCUT2D eigenvalue weighted by Gasteiger charge is 2.14. The molecule has 4 heteroatoms. The zero-order valence-corrected chi connectivity index (χ0v) is 16.9. The van der Waals surface area contributed by atoms with Gasteiger partial charge in [-0.2, -0.15) is 5.10 Å². The third-order valence-corrected chi connectivity index (χ3v) is 5.21. The highest BCUT2D eigenvalue weighted by atomic mass is 15.3. The van der Waals surface area contributed by atoms with Crippen molar-refractivity contribution in [3.8, 4) is 11.3 Å². The monoisotopic (exact) mass is 382 g/mol. The summed E-state index contributed by atoms with van der Waals surface area (Å²) in [4.78, 5) is 4.28. The lowest BCUT2D eigenvalue weighted by molar-refractivity contribution is 0.572. The number of nitrogens with zero attached hydrogens (tertiary/aromatic N) is 3. The molecular weight excluding hydrogens is 356 g/mol. The van der Waals surface area contributed by atoms with Crippen LogP contribution in [0.15, 0.2) is 85.3 Å². The number of aromatic nitrogens is 3. The maximum absolute atomic E-state index is 4.88. The normalized spacial score (nSPS) is 12.1. The van der Waals surface area contributed by atoms with E-state index in [-0.39, 0.29) is 6.04 Å². The fourth-order valence-electron chi connectivity index (χ4n) is 3.64. The highest BCUT2D eigenvalue weighted by Crippen LogP contribution is 2.23. The molecular formula is C25H26N4. The second-order valence-electron chi connectivity index (χ2n) is 7.39. The molecule has 0 radical (unpaired) electrons. The van der Waals surface area contributed by atoms with Gasteiger partial charge in [0.05, 0.1) is 12.2 Å². The molecule has 2 aromatic heterocycles. The van der Waals surface area contributed by atoms with Crippen LogP contribution in [-0.4, -0.2) is 14.8 Å². The average molecular weight is 383 g/mol. The minimum Gasteiger partial charge on any atom is -0.306 e. The minimum atomic E-state index is 0.260. The Kier molecular flexibility index (Phi) is 5.82. The molecule has 0 saturated heterocycles. The highest BCUT2D eigenvalue weighted by molar-refractivity contribution is 5.61. The molecule has 4 rings (SSSR count). The molecule has 2 heterocycles. The third kappa shape index (κ3) is 4.61. The largest absolute Gasteiger partial charge is 0.306 e. The molecule has 4 nitrogen and oxygen atoms in total. The molecule has 0 saturated carbocycles. The molecule has 0 bridgehead atoms. The second kappa shape index (κ2) is 8.84. The molecule has 29 heavy (non-hydrogen) atoms. The van der Waals surface area contributed by atoms with Crippen molar-refractivity contribution in [3.05, 3.63) is 108 Å². The van der Waals surface area contributed by atoms with Crippen molar-refractivity contribution < 1.29 is 0 Å². The molecule has 0 spiro atoms. The van der Waals surface area contributed by atoms with Crippen LogP contribution >= 0.6 is 0 Å². The van der Waals surface area contributed by atoms with E-state index in [4.69, 9.17) is 5.10 Å². The smallest absolute Gasteiger partial charge is 0.0983 e. The Bertz CT molecular complexity index is 1050. The molecule has 0 aliphatic heterocycles. The van der Waals surface area contributed by atoms with Crippen LogP contribution in [0.25, 0.3) is 11.3 Å². The number of hydrogen-bond donors (Lipinski definition) is 1. The van der Waals surface area contributed by atoms with E-state index >= 15 is 0 Å². The number of benzene rings is 2. The summed E-state index contributed by atoms with van der Waals surface area (Å²) in [5, 5.41) is 8.55. The van der Waals surface area contributed by atoms with Gasteiger partial charge in [0, 0.05) is 42.3 Å². The average Bonchev–Trinajstić information content (AvgIpc) is 3.16. The Labute approximate surface area is 172 Å². The Morgan fingerprint density at radius 3 is 2.52 bits per heavy atom. The number of hydrogen-bond acceptors (Lipinski definition) is 3. The Morgan fingerprint density at radius 1 is 0.966 bits per heavy atom. The summed E-state index contributed by atoms with van der Waals surface area (Å²) in [5.74, 6) is 0. The molecule has 0 aliphatic carbocycles. The van der Waals surface area contributed by atoms with E-state index in [2.05, 4.69) is 84.9 Å². The van der Waals surface area contributed by atoms with Crippen LogP contribution in [0.3, 0.4) is 0 Å². The molecule has 1 atom stereocenters. The standard InChI is InChI=1S/C25H26N4/c1-19-9-6-7-13-24(19)20(2)27-16-23-18-29(17-21-10-4-3-5-11-21)28-25(23)22-12-8-14-26-15-22/h3-15,18,20,27H,16-17H2,1-2H3/t20-/m1/s1. The van der Waals surface area contributed by atoms with Crippen LogP contribution in [0.4, 0.5) is 0 Å². The SMILES string of the molecule is Cc1ccccc1[C@@H](C)NCc1cn(Cc2ccccc2)nc1-c1cccnc1. The molecule has 0 fully saturated rings. The molecule has 1 N–H and O–H groups in total. The maximum Gasteiger partial charge on any atom is 0.0983 e. The van der Waals surface area contributed by atoms with Crippen molar-refractivity contribution in [2.45, 2.75) is 33.0 Å². The topological polar surface area (TPSA) is 42.7 Å². The van der Waals surface area contributed by atoms with Gasteiger partial charge in [-0.3, -0.25) is 9.67 Å². The van der Waals surface area contributed by atoms with Crippen molar-refractivity contribution in [2.24, 2.45) is 0 Å². The summed E-state index contributed by atoms with van der Waals surface area (Å²) in [7, 11) is 0. The molecule has 0 unspecified atom stereocenters. The molecule has 4 aromatic rings. The van der Waals surface area contributed by atoms with E-state index in [1.165, 1.54) is 22.3 Å². The van der Waals surface area contributed by atoms with Gasteiger partial charge in [-0.15, -0.1) is 0 Å². The molecule has 0 aliphatic rings. The van der Waals surface area contributed by atoms with Gasteiger partial charge in [0.15, 0.2) is 0 Å². The van der Waals surface area contributed by atoms with Crippen LogP contribution in [0.2, 0.25) is 0 Å². The van der Waals surface area contributed by atoms with Gasteiger partial charge < -0.3 is 5.32 Å². The lowest BCUT2D eigenvalue weighted by atomic mass is 10.0. The number of rotatable bonds is 7. The van der Waals surface area contributed by atoms with Crippen molar-refractivity contribution in [1.82, 2.24) is 20.1 Å². The first kappa shape index (κ1) is 19.1. The van der Waals surface area contributed by atoms with E-state index in [0.29, 0.717) is 0 Å². The van der Waals surface area contributed by atoms with Crippen molar-refractivity contribution in [3.63, 3.8) is 0 Å². The number of aryl methyl sites for hydroxylation is 1. The first-order valence-electron chi connectivity index (χ1n) is 10.0. The van der Waals surface area contributed by atoms with Crippen LogP contribution < -0.4 is 5.32 Å². The van der Waals surface area contributed by atoms with E-state index < -0.39 is 0 Å². The van der Waals surface area contributed by atoms with Crippen LogP contribution in [0.1, 0.15) is 35.2 Å². The van der Waals surface area contributed by atoms with Gasteiger partial charge in [0.25, 0.3) is 0 Å². The zero-order chi connectivity index (χ0) is 20.1. The van der Waals surface area contributed by atoms with Gasteiger partial charge in [-0.05, 0) is 42.7 Å².